The third-order valence-electron chi connectivity index (χ3n) is 5.22. The maximum absolute atomic E-state index is 12.8. The molecule has 2 aromatic rings. The molecule has 1 atom stereocenters. The van der Waals surface area contributed by atoms with E-state index in [0.29, 0.717) is 22.6 Å². The van der Waals surface area contributed by atoms with Gasteiger partial charge in [0.05, 0.1) is 0 Å². The Bertz CT molecular complexity index is 1020. The number of rotatable bonds is 4. The standard InChI is InChI=1S/C21H18ClN3O4/c22-14-6-4-12(5-7-14)19(27)23-10-13-2-1-3-15-16(13)11-25(21(15)29)17-8-9-18(26)24-20(17)28/h1-7,17H,8-11H2,(H,23,27)(H,24,26,28). The summed E-state index contributed by atoms with van der Waals surface area (Å²) >= 11 is 5.85. The molecule has 148 valence electrons. The van der Waals surface area contributed by atoms with Crippen LogP contribution in [0, 0.1) is 0 Å². The van der Waals surface area contributed by atoms with Crippen molar-refractivity contribution in [1.29, 1.82) is 0 Å². The number of fused-ring (bicyclic) bond motifs is 1. The molecule has 4 amide bonds. The maximum atomic E-state index is 12.8. The van der Waals surface area contributed by atoms with Crippen molar-refractivity contribution in [1.82, 2.24) is 15.5 Å². The Kier molecular flexibility index (Phi) is 5.07. The molecule has 0 aromatic heterocycles. The first-order chi connectivity index (χ1) is 13.9. The SMILES string of the molecule is O=C1CCC(N2Cc3c(CNC(=O)c4ccc(Cl)cc4)cccc3C2=O)C(=O)N1. The van der Waals surface area contributed by atoms with Crippen molar-refractivity contribution in [2.45, 2.75) is 32.0 Å². The molecule has 2 aliphatic heterocycles. The topological polar surface area (TPSA) is 95.6 Å². The van der Waals surface area contributed by atoms with E-state index in [1.54, 1.807) is 36.4 Å². The smallest absolute Gasteiger partial charge is 0.255 e. The van der Waals surface area contributed by atoms with Gasteiger partial charge in [0, 0.05) is 35.7 Å². The van der Waals surface area contributed by atoms with Crippen molar-refractivity contribution in [3.05, 3.63) is 69.7 Å². The van der Waals surface area contributed by atoms with Crippen LogP contribution in [-0.4, -0.2) is 34.6 Å². The van der Waals surface area contributed by atoms with Gasteiger partial charge in [0.2, 0.25) is 11.8 Å². The first kappa shape index (κ1) is 19.1. The van der Waals surface area contributed by atoms with Gasteiger partial charge in [-0.2, -0.15) is 0 Å². The number of benzene rings is 2. The van der Waals surface area contributed by atoms with Gasteiger partial charge in [-0.3, -0.25) is 24.5 Å². The van der Waals surface area contributed by atoms with Crippen LogP contribution in [0.2, 0.25) is 5.02 Å². The van der Waals surface area contributed by atoms with Crippen LogP contribution in [0.5, 0.6) is 0 Å². The highest BCUT2D eigenvalue weighted by Crippen LogP contribution is 2.29. The van der Waals surface area contributed by atoms with Crippen LogP contribution in [0.4, 0.5) is 0 Å². The molecule has 29 heavy (non-hydrogen) atoms. The molecule has 8 heteroatoms. The Labute approximate surface area is 172 Å². The van der Waals surface area contributed by atoms with E-state index in [-0.39, 0.29) is 37.2 Å². The normalized spacial score (nSPS) is 18.4. The van der Waals surface area contributed by atoms with Gasteiger partial charge < -0.3 is 10.2 Å². The predicted octanol–water partition coefficient (Wildman–Crippen LogP) is 2.03. The van der Waals surface area contributed by atoms with E-state index in [2.05, 4.69) is 10.6 Å². The molecule has 0 aliphatic carbocycles. The minimum atomic E-state index is -0.663. The zero-order valence-corrected chi connectivity index (χ0v) is 16.2. The number of carbonyl (C=O) groups is 4. The van der Waals surface area contributed by atoms with Crippen LogP contribution in [0.25, 0.3) is 0 Å². The van der Waals surface area contributed by atoms with Crippen LogP contribution in [0.1, 0.15) is 44.7 Å². The molecule has 1 unspecified atom stereocenters. The van der Waals surface area contributed by atoms with E-state index in [9.17, 15) is 19.2 Å². The summed E-state index contributed by atoms with van der Waals surface area (Å²) in [5.41, 5.74) is 2.61. The van der Waals surface area contributed by atoms with E-state index < -0.39 is 11.9 Å². The summed E-state index contributed by atoms with van der Waals surface area (Å²) < 4.78 is 0. The number of hydrogen-bond acceptors (Lipinski definition) is 4. The summed E-state index contributed by atoms with van der Waals surface area (Å²) in [6.07, 6.45) is 0.521. The minimum Gasteiger partial charge on any atom is -0.348 e. The van der Waals surface area contributed by atoms with E-state index in [1.165, 1.54) is 4.90 Å². The highest BCUT2D eigenvalue weighted by Gasteiger charge is 2.39. The number of carbonyl (C=O) groups excluding carboxylic acids is 4. The monoisotopic (exact) mass is 411 g/mol. The number of piperidine rings is 1. The van der Waals surface area contributed by atoms with Crippen LogP contribution >= 0.6 is 11.6 Å². The van der Waals surface area contributed by atoms with Crippen molar-refractivity contribution in [2.24, 2.45) is 0 Å². The quantitative estimate of drug-likeness (QED) is 0.752. The summed E-state index contributed by atoms with van der Waals surface area (Å²) in [7, 11) is 0. The van der Waals surface area contributed by atoms with Crippen LogP contribution in [0.15, 0.2) is 42.5 Å². The van der Waals surface area contributed by atoms with E-state index in [1.807, 2.05) is 6.07 Å². The molecule has 0 spiro atoms. The Morgan fingerprint density at radius 2 is 1.90 bits per heavy atom. The van der Waals surface area contributed by atoms with Crippen LogP contribution < -0.4 is 10.6 Å². The molecule has 2 aliphatic rings. The zero-order valence-electron chi connectivity index (χ0n) is 15.4. The highest BCUT2D eigenvalue weighted by atomic mass is 35.5. The van der Waals surface area contributed by atoms with E-state index >= 15 is 0 Å². The number of nitrogens with zero attached hydrogens (tertiary/aromatic N) is 1. The van der Waals surface area contributed by atoms with Crippen LogP contribution in [0.3, 0.4) is 0 Å². The molecule has 0 radical (unpaired) electrons. The zero-order chi connectivity index (χ0) is 20.5. The Morgan fingerprint density at radius 3 is 2.62 bits per heavy atom. The fourth-order valence-corrected chi connectivity index (χ4v) is 3.82. The average Bonchev–Trinajstić information content (AvgIpc) is 3.04. The molecule has 1 fully saturated rings. The Morgan fingerprint density at radius 1 is 1.14 bits per heavy atom. The Balaban J connectivity index is 1.49. The third-order valence-corrected chi connectivity index (χ3v) is 5.48. The van der Waals surface area contributed by atoms with Crippen molar-refractivity contribution in [3.8, 4) is 0 Å². The van der Waals surface area contributed by atoms with Gasteiger partial charge in [-0.1, -0.05) is 23.7 Å². The van der Waals surface area contributed by atoms with Gasteiger partial charge in [0.1, 0.15) is 6.04 Å². The number of halogens is 1. The van der Waals surface area contributed by atoms with E-state index in [0.717, 1.165) is 11.1 Å². The summed E-state index contributed by atoms with van der Waals surface area (Å²) in [6, 6.07) is 11.2. The lowest BCUT2D eigenvalue weighted by molar-refractivity contribution is -0.136. The van der Waals surface area contributed by atoms with Crippen molar-refractivity contribution < 1.29 is 19.2 Å². The molecule has 2 aromatic carbocycles. The van der Waals surface area contributed by atoms with Gasteiger partial charge in [-0.25, -0.2) is 0 Å². The van der Waals surface area contributed by atoms with E-state index in [4.69, 9.17) is 11.6 Å². The summed E-state index contributed by atoms with van der Waals surface area (Å²) in [4.78, 5) is 50.3. The fraction of sp³-hybridized carbons (Fsp3) is 0.238. The molecular formula is C21H18ClN3O4. The van der Waals surface area contributed by atoms with Gasteiger partial charge in [-0.05, 0) is 47.9 Å². The van der Waals surface area contributed by atoms with Crippen molar-refractivity contribution in [3.63, 3.8) is 0 Å². The second-order valence-electron chi connectivity index (χ2n) is 7.03. The summed E-state index contributed by atoms with van der Waals surface area (Å²) in [5.74, 6) is -1.24. The van der Waals surface area contributed by atoms with Crippen molar-refractivity contribution in [2.75, 3.05) is 0 Å². The molecule has 2 heterocycles. The number of nitrogens with one attached hydrogen (secondary N) is 2. The molecule has 7 nitrogen and oxygen atoms in total. The highest BCUT2D eigenvalue weighted by molar-refractivity contribution is 6.30. The largest absolute Gasteiger partial charge is 0.348 e. The number of amides is 4. The lowest BCUT2D eigenvalue weighted by atomic mass is 10.0. The average molecular weight is 412 g/mol. The summed E-state index contributed by atoms with van der Waals surface area (Å²) in [6.45, 7) is 0.522. The second kappa shape index (κ2) is 7.67. The molecule has 1 saturated heterocycles. The predicted molar refractivity (Wildman–Crippen MR) is 105 cm³/mol. The van der Waals surface area contributed by atoms with Gasteiger partial charge >= 0.3 is 0 Å². The molecule has 4 rings (SSSR count). The maximum Gasteiger partial charge on any atom is 0.255 e. The lowest BCUT2D eigenvalue weighted by Crippen LogP contribution is -2.52. The second-order valence-corrected chi connectivity index (χ2v) is 7.47. The molecule has 0 saturated carbocycles. The van der Waals surface area contributed by atoms with Gasteiger partial charge in [0.15, 0.2) is 0 Å². The number of hydrogen-bond donors (Lipinski definition) is 2. The number of imide groups is 1. The Hall–Kier alpha value is -3.19. The lowest BCUT2D eigenvalue weighted by Gasteiger charge is -2.29. The minimum absolute atomic E-state index is 0.209. The summed E-state index contributed by atoms with van der Waals surface area (Å²) in [5, 5.41) is 5.70. The molecule has 0 bridgehead atoms. The molecule has 2 N–H and O–H groups in total. The van der Waals surface area contributed by atoms with Gasteiger partial charge in [-0.15, -0.1) is 0 Å². The fourth-order valence-electron chi connectivity index (χ4n) is 3.69. The van der Waals surface area contributed by atoms with Crippen LogP contribution in [-0.2, 0) is 22.7 Å². The third kappa shape index (κ3) is 3.73. The van der Waals surface area contributed by atoms with Crippen molar-refractivity contribution >= 4 is 35.2 Å². The first-order valence-corrected chi connectivity index (χ1v) is 9.61. The first-order valence-electron chi connectivity index (χ1n) is 9.23. The molecular weight excluding hydrogens is 394 g/mol. The van der Waals surface area contributed by atoms with Gasteiger partial charge in [0.25, 0.3) is 11.8 Å².